The van der Waals surface area contributed by atoms with Gasteiger partial charge in [-0.15, -0.1) is 0 Å². The van der Waals surface area contributed by atoms with Crippen LogP contribution in [-0.2, 0) is 22.7 Å². The molecule has 0 spiro atoms. The van der Waals surface area contributed by atoms with E-state index >= 15 is 0 Å². The van der Waals surface area contributed by atoms with E-state index in [-0.39, 0.29) is 13.2 Å². The Morgan fingerprint density at radius 2 is 1.39 bits per heavy atom. The summed E-state index contributed by atoms with van der Waals surface area (Å²) in [5.74, 6) is 1.45. The van der Waals surface area contributed by atoms with Crippen LogP contribution in [0.1, 0.15) is 55.2 Å². The third-order valence-corrected chi connectivity index (χ3v) is 6.94. The van der Waals surface area contributed by atoms with Crippen molar-refractivity contribution in [3.8, 4) is 0 Å². The minimum absolute atomic E-state index is 0.100. The van der Waals surface area contributed by atoms with Crippen molar-refractivity contribution in [1.82, 2.24) is 0 Å². The molecule has 33 heavy (non-hydrogen) atoms. The fourth-order valence-electron chi connectivity index (χ4n) is 5.09. The predicted molar refractivity (Wildman–Crippen MR) is 131 cm³/mol. The molecule has 0 atom stereocenters. The Bertz CT molecular complexity index is 925. The van der Waals surface area contributed by atoms with E-state index in [0.717, 1.165) is 71.4 Å². The summed E-state index contributed by atoms with van der Waals surface area (Å²) in [5, 5.41) is 20.4. The second-order valence-electron chi connectivity index (χ2n) is 9.00. The van der Waals surface area contributed by atoms with Crippen LogP contribution in [0.25, 0.3) is 6.08 Å². The predicted octanol–water partition coefficient (Wildman–Crippen LogP) is 3.76. The first-order valence-electron chi connectivity index (χ1n) is 12.2. The summed E-state index contributed by atoms with van der Waals surface area (Å²) in [6.45, 7) is 3.90. The highest BCUT2D eigenvalue weighted by Gasteiger charge is 2.26. The van der Waals surface area contributed by atoms with Gasteiger partial charge in [-0.05, 0) is 60.6 Å². The molecule has 2 N–H and O–H groups in total. The van der Waals surface area contributed by atoms with E-state index in [1.165, 1.54) is 38.5 Å². The first-order valence-corrected chi connectivity index (χ1v) is 12.2. The van der Waals surface area contributed by atoms with Crippen LogP contribution < -0.4 is 4.90 Å². The summed E-state index contributed by atoms with van der Waals surface area (Å²) in [6, 6.07) is 4.11. The molecule has 6 nitrogen and oxygen atoms in total. The lowest BCUT2D eigenvalue weighted by Crippen LogP contribution is -2.29. The number of ether oxygens (including phenoxy) is 2. The third-order valence-electron chi connectivity index (χ3n) is 6.94. The number of rotatable bonds is 6. The molecule has 4 rings (SSSR count). The maximum Gasteiger partial charge on any atom is 0.207 e. The molecule has 178 valence electrons. The summed E-state index contributed by atoms with van der Waals surface area (Å²) in [6.07, 6.45) is 13.4. The number of aliphatic hydroxyl groups excluding tert-OH is 2. The van der Waals surface area contributed by atoms with E-state index in [4.69, 9.17) is 9.47 Å². The number of hydrogen-bond acceptors (Lipinski definition) is 5. The van der Waals surface area contributed by atoms with Crippen molar-refractivity contribution >= 4 is 17.5 Å². The monoisotopic (exact) mass is 453 g/mol. The van der Waals surface area contributed by atoms with Crippen LogP contribution in [-0.4, -0.2) is 60.9 Å². The molecule has 2 saturated heterocycles. The molecule has 0 amide bonds. The number of nitrogens with zero attached hydrogens (tertiary/aromatic N) is 2. The maximum atomic E-state index is 10.2. The van der Waals surface area contributed by atoms with Crippen LogP contribution >= 0.6 is 0 Å². The molecule has 1 aliphatic carbocycles. The van der Waals surface area contributed by atoms with E-state index < -0.39 is 0 Å². The molecule has 0 bridgehead atoms. The van der Waals surface area contributed by atoms with Crippen molar-refractivity contribution in [3.05, 3.63) is 58.1 Å². The summed E-state index contributed by atoms with van der Waals surface area (Å²) in [5.41, 5.74) is 5.40. The topological polar surface area (TPSA) is 65.2 Å². The van der Waals surface area contributed by atoms with Crippen molar-refractivity contribution in [3.63, 3.8) is 0 Å². The number of allylic oxidation sites excluding steroid dienone is 2. The number of piperidine rings is 2. The van der Waals surface area contributed by atoms with Gasteiger partial charge in [0, 0.05) is 31.6 Å². The maximum absolute atomic E-state index is 10.2. The SMILES string of the molecule is COC1=CC(=[N+]2CCCCC2)C=C(OC)C1=Cc1c(CO)cc(N2CCCCC2)cc1CO. The highest BCUT2D eigenvalue weighted by molar-refractivity contribution is 6.04. The molecule has 3 aliphatic rings. The lowest BCUT2D eigenvalue weighted by molar-refractivity contribution is -0.536. The molecular weight excluding hydrogens is 416 g/mol. The molecule has 0 unspecified atom stereocenters. The van der Waals surface area contributed by atoms with Gasteiger partial charge in [0.25, 0.3) is 0 Å². The smallest absolute Gasteiger partial charge is 0.207 e. The van der Waals surface area contributed by atoms with Crippen molar-refractivity contribution in [2.45, 2.75) is 51.7 Å². The van der Waals surface area contributed by atoms with E-state index in [2.05, 4.69) is 33.8 Å². The van der Waals surface area contributed by atoms with E-state index in [9.17, 15) is 10.2 Å². The van der Waals surface area contributed by atoms with Gasteiger partial charge < -0.3 is 24.6 Å². The van der Waals surface area contributed by atoms with Gasteiger partial charge in [-0.25, -0.2) is 4.58 Å². The van der Waals surface area contributed by atoms with Crippen LogP contribution in [0.3, 0.4) is 0 Å². The first-order chi connectivity index (χ1) is 16.2. The van der Waals surface area contributed by atoms with Crippen LogP contribution in [0.4, 0.5) is 5.69 Å². The quantitative estimate of drug-likeness (QED) is 0.642. The van der Waals surface area contributed by atoms with Crippen LogP contribution in [0.2, 0.25) is 0 Å². The zero-order valence-corrected chi connectivity index (χ0v) is 20.0. The largest absolute Gasteiger partial charge is 0.496 e. The minimum Gasteiger partial charge on any atom is -0.496 e. The number of hydrogen-bond donors (Lipinski definition) is 2. The standard InChI is InChI=1S/C27H37N2O4/c1-32-26-15-23(29-11-7-4-8-12-29)16-27(33-2)25(26)17-24-20(18-30)13-22(14-21(24)19-31)28-9-5-3-6-10-28/h13-17,30-31H,3-12,18-19H2,1-2H3/q+1. The van der Waals surface area contributed by atoms with Gasteiger partial charge in [0.2, 0.25) is 5.71 Å². The molecular formula is C27H37N2O4+. The van der Waals surface area contributed by atoms with Crippen molar-refractivity contribution in [2.75, 3.05) is 45.3 Å². The lowest BCUT2D eigenvalue weighted by atomic mass is 9.94. The lowest BCUT2D eigenvalue weighted by Gasteiger charge is -2.30. The second kappa shape index (κ2) is 11.0. The molecule has 2 heterocycles. The van der Waals surface area contributed by atoms with Gasteiger partial charge in [-0.2, -0.15) is 0 Å². The fourth-order valence-corrected chi connectivity index (χ4v) is 5.09. The van der Waals surface area contributed by atoms with Gasteiger partial charge >= 0.3 is 0 Å². The van der Waals surface area contributed by atoms with Gasteiger partial charge in [0.15, 0.2) is 0 Å². The fraction of sp³-hybridized carbons (Fsp3) is 0.519. The highest BCUT2D eigenvalue weighted by Crippen LogP contribution is 2.33. The normalized spacial score (nSPS) is 19.3. The molecule has 0 saturated carbocycles. The van der Waals surface area contributed by atoms with Crippen molar-refractivity contribution in [2.24, 2.45) is 0 Å². The zero-order chi connectivity index (χ0) is 23.2. The van der Waals surface area contributed by atoms with Crippen molar-refractivity contribution in [1.29, 1.82) is 0 Å². The van der Waals surface area contributed by atoms with E-state index in [1.54, 1.807) is 14.2 Å². The molecule has 0 radical (unpaired) electrons. The molecule has 1 aromatic rings. The average molecular weight is 454 g/mol. The Morgan fingerprint density at radius 3 is 1.91 bits per heavy atom. The van der Waals surface area contributed by atoms with Gasteiger partial charge in [0.1, 0.15) is 24.6 Å². The van der Waals surface area contributed by atoms with Crippen LogP contribution in [0.5, 0.6) is 0 Å². The van der Waals surface area contributed by atoms with Crippen molar-refractivity contribution < 1.29 is 24.3 Å². The highest BCUT2D eigenvalue weighted by atomic mass is 16.5. The molecule has 2 aliphatic heterocycles. The number of aliphatic hydroxyl groups is 2. The Balaban J connectivity index is 1.77. The molecule has 0 aromatic heterocycles. The Labute approximate surface area is 197 Å². The Morgan fingerprint density at radius 1 is 0.848 bits per heavy atom. The van der Waals surface area contributed by atoms with E-state index in [1.807, 2.05) is 6.08 Å². The molecule has 1 aromatic carbocycles. The van der Waals surface area contributed by atoms with E-state index in [0.29, 0.717) is 0 Å². The second-order valence-corrected chi connectivity index (χ2v) is 9.00. The Kier molecular flexibility index (Phi) is 7.89. The van der Waals surface area contributed by atoms with Crippen LogP contribution in [0.15, 0.2) is 41.4 Å². The third kappa shape index (κ3) is 5.17. The summed E-state index contributed by atoms with van der Waals surface area (Å²) < 4.78 is 14.0. The average Bonchev–Trinajstić information content (AvgIpc) is 2.89. The number of anilines is 1. The molecule has 6 heteroatoms. The number of benzene rings is 1. The van der Waals surface area contributed by atoms with Gasteiger partial charge in [-0.1, -0.05) is 0 Å². The summed E-state index contributed by atoms with van der Waals surface area (Å²) in [4.78, 5) is 2.35. The van der Waals surface area contributed by atoms with Gasteiger partial charge in [-0.3, -0.25) is 0 Å². The zero-order valence-electron chi connectivity index (χ0n) is 20.0. The number of methoxy groups -OCH3 is 2. The molecule has 2 fully saturated rings. The minimum atomic E-state index is -0.100. The van der Waals surface area contributed by atoms with Crippen LogP contribution in [0, 0.1) is 0 Å². The van der Waals surface area contributed by atoms with Gasteiger partial charge in [0.05, 0.1) is 45.2 Å². The first kappa shape index (κ1) is 23.6. The summed E-state index contributed by atoms with van der Waals surface area (Å²) in [7, 11) is 3.34. The summed E-state index contributed by atoms with van der Waals surface area (Å²) >= 11 is 0. The Hall–Kier alpha value is -2.57.